The molecule has 0 heterocycles. The van der Waals surface area contributed by atoms with Crippen molar-refractivity contribution in [2.75, 3.05) is 11.9 Å². The van der Waals surface area contributed by atoms with Gasteiger partial charge in [0.25, 0.3) is 0 Å². The van der Waals surface area contributed by atoms with Gasteiger partial charge in [0.05, 0.1) is 16.7 Å². The van der Waals surface area contributed by atoms with Crippen molar-refractivity contribution in [1.29, 1.82) is 0 Å². The summed E-state index contributed by atoms with van der Waals surface area (Å²) in [5.74, 6) is -1.16. The van der Waals surface area contributed by atoms with Crippen LogP contribution < -0.4 is 11.1 Å². The van der Waals surface area contributed by atoms with Gasteiger partial charge < -0.3 is 16.2 Å². The lowest BCUT2D eigenvalue weighted by atomic mass is 9.68. The van der Waals surface area contributed by atoms with Crippen molar-refractivity contribution in [3.63, 3.8) is 0 Å². The molecule has 0 spiro atoms. The Morgan fingerprint density at radius 1 is 1.42 bits per heavy atom. The molecule has 102 valence electrons. The van der Waals surface area contributed by atoms with Crippen molar-refractivity contribution in [2.45, 2.75) is 19.3 Å². The number of hydrogen-bond acceptors (Lipinski definition) is 3. The van der Waals surface area contributed by atoms with Gasteiger partial charge in [-0.2, -0.15) is 0 Å². The molecule has 5 nitrogen and oxygen atoms in total. The molecule has 0 radical (unpaired) electrons. The first-order valence-corrected chi connectivity index (χ1v) is 6.82. The minimum atomic E-state index is -1.03. The molecular formula is C13H15BrN2O3. The Kier molecular flexibility index (Phi) is 3.91. The Bertz CT molecular complexity index is 521. The highest BCUT2D eigenvalue weighted by atomic mass is 79.9. The average Bonchev–Trinajstić information content (AvgIpc) is 2.31. The van der Waals surface area contributed by atoms with Gasteiger partial charge in [-0.3, -0.25) is 4.79 Å². The number of aromatic carboxylic acids is 1. The summed E-state index contributed by atoms with van der Waals surface area (Å²) in [5, 5.41) is 11.7. The number of anilines is 1. The third kappa shape index (κ3) is 2.64. The number of halogens is 1. The maximum Gasteiger partial charge on any atom is 0.335 e. The van der Waals surface area contributed by atoms with Crippen LogP contribution in [0, 0.1) is 5.41 Å². The van der Waals surface area contributed by atoms with Crippen LogP contribution >= 0.6 is 15.9 Å². The molecule has 2 rings (SSSR count). The molecule has 0 aliphatic heterocycles. The molecule has 19 heavy (non-hydrogen) atoms. The van der Waals surface area contributed by atoms with E-state index in [1.165, 1.54) is 12.1 Å². The maximum absolute atomic E-state index is 12.2. The fraction of sp³-hybridized carbons (Fsp3) is 0.385. The number of benzene rings is 1. The molecule has 0 saturated heterocycles. The van der Waals surface area contributed by atoms with E-state index in [9.17, 15) is 9.59 Å². The van der Waals surface area contributed by atoms with Crippen LogP contribution in [0.15, 0.2) is 22.7 Å². The van der Waals surface area contributed by atoms with E-state index in [1.807, 2.05) is 0 Å². The lowest BCUT2D eigenvalue weighted by Crippen LogP contribution is -2.47. The number of carbonyl (C=O) groups is 2. The fourth-order valence-electron chi connectivity index (χ4n) is 2.14. The molecule has 4 N–H and O–H groups in total. The SMILES string of the molecule is NCC1(C(=O)Nc2cc(C(=O)O)ccc2Br)CCC1. The minimum Gasteiger partial charge on any atom is -0.478 e. The third-order valence-corrected chi connectivity index (χ3v) is 4.34. The summed E-state index contributed by atoms with van der Waals surface area (Å²) in [6.45, 7) is 0.315. The van der Waals surface area contributed by atoms with Crippen molar-refractivity contribution in [3.8, 4) is 0 Å². The van der Waals surface area contributed by atoms with E-state index < -0.39 is 11.4 Å². The largest absolute Gasteiger partial charge is 0.478 e. The Balaban J connectivity index is 2.21. The van der Waals surface area contributed by atoms with E-state index in [0.717, 1.165) is 19.3 Å². The van der Waals surface area contributed by atoms with Gasteiger partial charge in [0, 0.05) is 11.0 Å². The third-order valence-electron chi connectivity index (χ3n) is 3.64. The van der Waals surface area contributed by atoms with Crippen molar-refractivity contribution in [1.82, 2.24) is 0 Å². The zero-order valence-electron chi connectivity index (χ0n) is 10.3. The van der Waals surface area contributed by atoms with Crippen LogP contribution in [0.3, 0.4) is 0 Å². The normalized spacial score (nSPS) is 16.5. The van der Waals surface area contributed by atoms with Crippen molar-refractivity contribution < 1.29 is 14.7 Å². The smallest absolute Gasteiger partial charge is 0.335 e. The fourth-order valence-corrected chi connectivity index (χ4v) is 2.48. The van der Waals surface area contributed by atoms with Crippen LogP contribution in [-0.4, -0.2) is 23.5 Å². The molecule has 6 heteroatoms. The Hall–Kier alpha value is -1.40. The van der Waals surface area contributed by atoms with Crippen LogP contribution in [0.5, 0.6) is 0 Å². The van der Waals surface area contributed by atoms with Crippen LogP contribution in [0.2, 0.25) is 0 Å². The van der Waals surface area contributed by atoms with E-state index >= 15 is 0 Å². The molecule has 1 aliphatic carbocycles. The van der Waals surface area contributed by atoms with E-state index in [2.05, 4.69) is 21.2 Å². The van der Waals surface area contributed by atoms with E-state index in [0.29, 0.717) is 16.7 Å². The van der Waals surface area contributed by atoms with Crippen LogP contribution in [0.25, 0.3) is 0 Å². The number of nitrogens with two attached hydrogens (primary N) is 1. The van der Waals surface area contributed by atoms with Gasteiger partial charge in [-0.15, -0.1) is 0 Å². The number of hydrogen-bond donors (Lipinski definition) is 3. The number of amides is 1. The maximum atomic E-state index is 12.2. The second-order valence-electron chi connectivity index (χ2n) is 4.79. The minimum absolute atomic E-state index is 0.133. The molecular weight excluding hydrogens is 312 g/mol. The van der Waals surface area contributed by atoms with Crippen LogP contribution in [0.4, 0.5) is 5.69 Å². The molecule has 1 aromatic carbocycles. The highest BCUT2D eigenvalue weighted by Crippen LogP contribution is 2.41. The zero-order valence-corrected chi connectivity index (χ0v) is 11.9. The van der Waals surface area contributed by atoms with Gasteiger partial charge in [-0.1, -0.05) is 6.42 Å². The quantitative estimate of drug-likeness (QED) is 0.790. The molecule has 1 saturated carbocycles. The Morgan fingerprint density at radius 2 is 2.11 bits per heavy atom. The summed E-state index contributed by atoms with van der Waals surface area (Å²) in [6, 6.07) is 4.52. The highest BCUT2D eigenvalue weighted by Gasteiger charge is 2.42. The van der Waals surface area contributed by atoms with E-state index in [-0.39, 0.29) is 11.5 Å². The number of rotatable bonds is 4. The second kappa shape index (κ2) is 5.30. The van der Waals surface area contributed by atoms with Crippen molar-refractivity contribution in [3.05, 3.63) is 28.2 Å². The first-order valence-electron chi connectivity index (χ1n) is 6.03. The predicted octanol–water partition coefficient (Wildman–Crippen LogP) is 2.21. The van der Waals surface area contributed by atoms with Gasteiger partial charge in [0.15, 0.2) is 0 Å². The molecule has 1 aliphatic rings. The molecule has 1 fully saturated rings. The Morgan fingerprint density at radius 3 is 2.58 bits per heavy atom. The van der Waals surface area contributed by atoms with Crippen LogP contribution in [0.1, 0.15) is 29.6 Å². The average molecular weight is 327 g/mol. The standard InChI is InChI=1S/C13H15BrN2O3/c14-9-3-2-8(11(17)18)6-10(9)16-12(19)13(7-15)4-1-5-13/h2-3,6H,1,4-5,7,15H2,(H,16,19)(H,17,18). The molecule has 0 unspecified atom stereocenters. The van der Waals surface area contributed by atoms with Crippen LogP contribution in [-0.2, 0) is 4.79 Å². The molecule has 1 aromatic rings. The number of carboxylic acid groups (broad SMARTS) is 1. The number of nitrogens with one attached hydrogen (secondary N) is 1. The predicted molar refractivity (Wildman–Crippen MR) is 75.1 cm³/mol. The first kappa shape index (κ1) is 14.0. The summed E-state index contributed by atoms with van der Waals surface area (Å²) in [7, 11) is 0. The van der Waals surface area contributed by atoms with E-state index in [4.69, 9.17) is 10.8 Å². The van der Waals surface area contributed by atoms with Gasteiger partial charge in [-0.05, 0) is 47.0 Å². The summed E-state index contributed by atoms with van der Waals surface area (Å²) in [6.07, 6.45) is 2.57. The number of carboxylic acids is 1. The molecule has 0 bridgehead atoms. The second-order valence-corrected chi connectivity index (χ2v) is 5.65. The highest BCUT2D eigenvalue weighted by molar-refractivity contribution is 9.10. The summed E-state index contributed by atoms with van der Waals surface area (Å²) >= 11 is 3.30. The van der Waals surface area contributed by atoms with Gasteiger partial charge >= 0.3 is 5.97 Å². The first-order chi connectivity index (χ1) is 8.98. The van der Waals surface area contributed by atoms with E-state index in [1.54, 1.807) is 6.07 Å². The Labute approximate surface area is 119 Å². The van der Waals surface area contributed by atoms with Crippen molar-refractivity contribution >= 4 is 33.5 Å². The van der Waals surface area contributed by atoms with Gasteiger partial charge in [0.2, 0.25) is 5.91 Å². The summed E-state index contributed by atoms with van der Waals surface area (Å²) in [5.41, 5.74) is 5.78. The lowest BCUT2D eigenvalue weighted by Gasteiger charge is -2.39. The molecule has 1 amide bonds. The lowest BCUT2D eigenvalue weighted by molar-refractivity contribution is -0.129. The van der Waals surface area contributed by atoms with Crippen molar-refractivity contribution in [2.24, 2.45) is 11.1 Å². The van der Waals surface area contributed by atoms with Gasteiger partial charge in [0.1, 0.15) is 0 Å². The summed E-state index contributed by atoms with van der Waals surface area (Å²) < 4.78 is 0.650. The zero-order chi connectivity index (χ0) is 14.0. The molecule has 0 aromatic heterocycles. The monoisotopic (exact) mass is 326 g/mol. The van der Waals surface area contributed by atoms with Gasteiger partial charge in [-0.25, -0.2) is 4.79 Å². The summed E-state index contributed by atoms with van der Waals surface area (Å²) in [4.78, 5) is 23.1. The topological polar surface area (TPSA) is 92.4 Å². The number of carbonyl (C=O) groups excluding carboxylic acids is 1. The molecule has 0 atom stereocenters.